The largest absolute Gasteiger partial charge is 0.352 e. The average Bonchev–Trinajstić information content (AvgIpc) is 3.05. The smallest absolute Gasteiger partial charge is 0.242 e. The highest BCUT2D eigenvalue weighted by Gasteiger charge is 2.21. The number of thiophene rings is 1. The van der Waals surface area contributed by atoms with Crippen molar-refractivity contribution in [1.29, 1.82) is 0 Å². The number of aryl methyl sites for hydroxylation is 1. The van der Waals surface area contributed by atoms with Crippen molar-refractivity contribution in [2.45, 2.75) is 31.3 Å². The summed E-state index contributed by atoms with van der Waals surface area (Å²) in [4.78, 5) is 1.31. The van der Waals surface area contributed by atoms with Gasteiger partial charge in [-0.2, -0.15) is 0 Å². The molecular formula is C14H21N3O2S2. The molecule has 7 heteroatoms. The minimum atomic E-state index is -3.50. The molecule has 2 aromatic rings. The van der Waals surface area contributed by atoms with E-state index in [0.29, 0.717) is 11.4 Å². The molecule has 0 bridgehead atoms. The van der Waals surface area contributed by atoms with Gasteiger partial charge < -0.3 is 9.88 Å². The minimum absolute atomic E-state index is 0.229. The summed E-state index contributed by atoms with van der Waals surface area (Å²) < 4.78 is 29.4. The van der Waals surface area contributed by atoms with Gasteiger partial charge in [-0.1, -0.05) is 13.0 Å². The maximum absolute atomic E-state index is 12.4. The number of hydrogen-bond acceptors (Lipinski definition) is 4. The second-order valence-corrected chi connectivity index (χ2v) is 7.61. The summed E-state index contributed by atoms with van der Waals surface area (Å²) in [5.41, 5.74) is 0.945. The standard InChI is InChI=1S/C14H21N3O2S2/c1-4-15-9-12-8-13(10-17(12)3)21(18,19)16-11(2)14-6-5-7-20-14/h5-8,10-11,15-16H,4,9H2,1-3H3. The van der Waals surface area contributed by atoms with Gasteiger partial charge in [-0.05, 0) is 31.0 Å². The van der Waals surface area contributed by atoms with Gasteiger partial charge in [-0.15, -0.1) is 11.3 Å². The first-order valence-electron chi connectivity index (χ1n) is 6.85. The quantitative estimate of drug-likeness (QED) is 0.820. The maximum Gasteiger partial charge on any atom is 0.242 e. The first-order chi connectivity index (χ1) is 9.94. The Kier molecular flexibility index (Phi) is 5.21. The summed E-state index contributed by atoms with van der Waals surface area (Å²) in [5.74, 6) is 0. The molecule has 0 spiro atoms. The molecule has 1 atom stereocenters. The molecule has 0 radical (unpaired) electrons. The molecule has 0 aliphatic carbocycles. The fourth-order valence-electron chi connectivity index (χ4n) is 2.05. The van der Waals surface area contributed by atoms with Crippen molar-refractivity contribution >= 4 is 21.4 Å². The van der Waals surface area contributed by atoms with E-state index in [2.05, 4.69) is 10.0 Å². The van der Waals surface area contributed by atoms with Crippen molar-refractivity contribution in [3.05, 3.63) is 40.3 Å². The summed E-state index contributed by atoms with van der Waals surface area (Å²) in [6, 6.07) is 5.33. The van der Waals surface area contributed by atoms with Crippen LogP contribution >= 0.6 is 11.3 Å². The predicted octanol–water partition coefficient (Wildman–Crippen LogP) is 2.24. The van der Waals surface area contributed by atoms with Crippen LogP contribution in [-0.4, -0.2) is 19.5 Å². The number of aromatic nitrogens is 1. The molecule has 0 aromatic carbocycles. The van der Waals surface area contributed by atoms with Crippen molar-refractivity contribution < 1.29 is 8.42 Å². The lowest BCUT2D eigenvalue weighted by molar-refractivity contribution is 0.568. The van der Waals surface area contributed by atoms with E-state index in [-0.39, 0.29) is 6.04 Å². The molecular weight excluding hydrogens is 306 g/mol. The van der Waals surface area contributed by atoms with Gasteiger partial charge in [0.1, 0.15) is 0 Å². The molecule has 2 aromatic heterocycles. The zero-order valence-corrected chi connectivity index (χ0v) is 14.1. The van der Waals surface area contributed by atoms with E-state index in [1.165, 1.54) is 0 Å². The highest BCUT2D eigenvalue weighted by molar-refractivity contribution is 7.89. The van der Waals surface area contributed by atoms with E-state index in [1.54, 1.807) is 23.6 Å². The van der Waals surface area contributed by atoms with Crippen molar-refractivity contribution in [3.63, 3.8) is 0 Å². The molecule has 2 N–H and O–H groups in total. The summed E-state index contributed by atoms with van der Waals surface area (Å²) in [6.07, 6.45) is 1.65. The average molecular weight is 327 g/mol. The molecule has 0 aliphatic rings. The Labute approximate surface area is 130 Å². The Bertz CT molecular complexity index is 675. The molecule has 1 unspecified atom stereocenters. The summed E-state index contributed by atoms with van der Waals surface area (Å²) >= 11 is 1.54. The highest BCUT2D eigenvalue weighted by Crippen LogP contribution is 2.21. The summed E-state index contributed by atoms with van der Waals surface area (Å²) in [7, 11) is -1.65. The zero-order chi connectivity index (χ0) is 15.5. The van der Waals surface area contributed by atoms with Crippen LogP contribution in [0, 0.1) is 0 Å². The van der Waals surface area contributed by atoms with Gasteiger partial charge >= 0.3 is 0 Å². The Balaban J connectivity index is 2.16. The van der Waals surface area contributed by atoms with Crippen LogP contribution in [0.2, 0.25) is 0 Å². The molecule has 5 nitrogen and oxygen atoms in total. The van der Waals surface area contributed by atoms with Crippen molar-refractivity contribution in [1.82, 2.24) is 14.6 Å². The highest BCUT2D eigenvalue weighted by atomic mass is 32.2. The molecule has 0 fully saturated rings. The van der Waals surface area contributed by atoms with Crippen LogP contribution in [0.15, 0.2) is 34.7 Å². The molecule has 116 valence electrons. The van der Waals surface area contributed by atoms with E-state index < -0.39 is 10.0 Å². The van der Waals surface area contributed by atoms with Crippen LogP contribution in [0.1, 0.15) is 30.5 Å². The first-order valence-corrected chi connectivity index (χ1v) is 9.22. The van der Waals surface area contributed by atoms with E-state index in [1.807, 2.05) is 43.0 Å². The van der Waals surface area contributed by atoms with Crippen LogP contribution in [0.5, 0.6) is 0 Å². The third-order valence-corrected chi connectivity index (χ3v) is 5.81. The Morgan fingerprint density at radius 2 is 2.19 bits per heavy atom. The Hall–Kier alpha value is -1.15. The Morgan fingerprint density at radius 1 is 1.43 bits per heavy atom. The number of hydrogen-bond donors (Lipinski definition) is 2. The monoisotopic (exact) mass is 327 g/mol. The molecule has 0 saturated carbocycles. The van der Waals surface area contributed by atoms with Crippen molar-refractivity contribution in [3.8, 4) is 0 Å². The Morgan fingerprint density at radius 3 is 2.81 bits per heavy atom. The molecule has 0 amide bonds. The first kappa shape index (κ1) is 16.2. The van der Waals surface area contributed by atoms with Gasteiger partial charge in [0.25, 0.3) is 0 Å². The van der Waals surface area contributed by atoms with Gasteiger partial charge in [-0.3, -0.25) is 0 Å². The number of nitrogens with one attached hydrogen (secondary N) is 2. The SMILES string of the molecule is CCNCc1cc(S(=O)(=O)NC(C)c2cccs2)cn1C. The molecule has 0 aliphatic heterocycles. The van der Waals surface area contributed by atoms with E-state index in [0.717, 1.165) is 17.1 Å². The van der Waals surface area contributed by atoms with E-state index in [4.69, 9.17) is 0 Å². The number of rotatable bonds is 7. The van der Waals surface area contributed by atoms with Gasteiger partial charge in [0.05, 0.1) is 10.9 Å². The third kappa shape index (κ3) is 3.94. The van der Waals surface area contributed by atoms with Gasteiger partial charge in [0.15, 0.2) is 0 Å². The van der Waals surface area contributed by atoms with E-state index in [9.17, 15) is 8.42 Å². The van der Waals surface area contributed by atoms with Crippen LogP contribution in [-0.2, 0) is 23.6 Å². The molecule has 2 rings (SSSR count). The van der Waals surface area contributed by atoms with Crippen molar-refractivity contribution in [2.75, 3.05) is 6.54 Å². The lowest BCUT2D eigenvalue weighted by atomic mass is 10.3. The van der Waals surface area contributed by atoms with Gasteiger partial charge in [0.2, 0.25) is 10.0 Å². The number of sulfonamides is 1. The third-order valence-electron chi connectivity index (χ3n) is 3.25. The summed E-state index contributed by atoms with van der Waals surface area (Å²) in [5, 5.41) is 5.14. The van der Waals surface area contributed by atoms with Crippen molar-refractivity contribution in [2.24, 2.45) is 7.05 Å². The minimum Gasteiger partial charge on any atom is -0.352 e. The number of nitrogens with zero attached hydrogens (tertiary/aromatic N) is 1. The topological polar surface area (TPSA) is 63.1 Å². The lowest BCUT2D eigenvalue weighted by Gasteiger charge is -2.11. The van der Waals surface area contributed by atoms with Gasteiger partial charge in [-0.25, -0.2) is 13.1 Å². The van der Waals surface area contributed by atoms with Crippen LogP contribution in [0.3, 0.4) is 0 Å². The fraction of sp³-hybridized carbons (Fsp3) is 0.429. The lowest BCUT2D eigenvalue weighted by Crippen LogP contribution is -2.26. The second-order valence-electron chi connectivity index (χ2n) is 4.92. The van der Waals surface area contributed by atoms with Crippen LogP contribution in [0.4, 0.5) is 0 Å². The zero-order valence-electron chi connectivity index (χ0n) is 12.5. The van der Waals surface area contributed by atoms with Gasteiger partial charge in [0, 0.05) is 30.4 Å². The molecule has 2 heterocycles. The second kappa shape index (κ2) is 6.74. The van der Waals surface area contributed by atoms with E-state index >= 15 is 0 Å². The maximum atomic E-state index is 12.4. The predicted molar refractivity (Wildman–Crippen MR) is 85.8 cm³/mol. The summed E-state index contributed by atoms with van der Waals surface area (Å²) in [6.45, 7) is 5.38. The molecule has 0 saturated heterocycles. The molecule has 21 heavy (non-hydrogen) atoms. The van der Waals surface area contributed by atoms with Crippen LogP contribution < -0.4 is 10.0 Å². The fourth-order valence-corrected chi connectivity index (χ4v) is 4.17. The normalized spacial score (nSPS) is 13.5. The van der Waals surface area contributed by atoms with Crippen LogP contribution in [0.25, 0.3) is 0 Å².